The summed E-state index contributed by atoms with van der Waals surface area (Å²) >= 11 is 0. The molecule has 0 saturated carbocycles. The molecule has 0 aliphatic carbocycles. The maximum absolute atomic E-state index is 12.0. The molecule has 102 valence electrons. The van der Waals surface area contributed by atoms with E-state index in [1.807, 2.05) is 54.6 Å². The highest BCUT2D eigenvalue weighted by molar-refractivity contribution is 6.15. The number of nitrogens with zero attached hydrogens (tertiary/aromatic N) is 3. The normalized spacial score (nSPS) is 13.0. The Kier molecular flexibility index (Phi) is 2.57. The molecular formula is C16H12N4O. The van der Waals surface area contributed by atoms with Crippen LogP contribution in [-0.4, -0.2) is 20.5 Å². The van der Waals surface area contributed by atoms with Gasteiger partial charge in [0, 0.05) is 11.1 Å². The second-order valence-corrected chi connectivity index (χ2v) is 4.83. The fraction of sp³-hybridized carbons (Fsp3) is 0.0625. The van der Waals surface area contributed by atoms with E-state index in [4.69, 9.17) is 0 Å². The minimum Gasteiger partial charge on any atom is -0.276 e. The molecule has 1 aliphatic heterocycles. The van der Waals surface area contributed by atoms with Gasteiger partial charge in [0.25, 0.3) is 0 Å². The number of aromatic nitrogens is 3. The number of aromatic amines is 1. The van der Waals surface area contributed by atoms with Gasteiger partial charge in [0.05, 0.1) is 11.4 Å². The molecule has 0 atom stereocenters. The first-order chi connectivity index (χ1) is 10.3. The minimum absolute atomic E-state index is 0.234. The Labute approximate surface area is 120 Å². The van der Waals surface area contributed by atoms with Crippen LogP contribution < -0.4 is 5.69 Å². The van der Waals surface area contributed by atoms with Crippen molar-refractivity contribution in [3.8, 4) is 5.69 Å². The summed E-state index contributed by atoms with van der Waals surface area (Å²) in [5.74, 6) is 0.624. The summed E-state index contributed by atoms with van der Waals surface area (Å²) in [6, 6.07) is 17.7. The number of para-hydroxylation sites is 1. The van der Waals surface area contributed by atoms with E-state index in [2.05, 4.69) is 15.2 Å². The largest absolute Gasteiger partial charge is 0.348 e. The van der Waals surface area contributed by atoms with E-state index in [1.165, 1.54) is 0 Å². The monoisotopic (exact) mass is 276 g/mol. The number of benzene rings is 2. The van der Waals surface area contributed by atoms with Crippen LogP contribution in [-0.2, 0) is 6.54 Å². The van der Waals surface area contributed by atoms with Crippen molar-refractivity contribution < 1.29 is 0 Å². The summed E-state index contributed by atoms with van der Waals surface area (Å²) in [5.41, 5.74) is 3.43. The number of hydrogen-bond acceptors (Lipinski definition) is 3. The zero-order valence-corrected chi connectivity index (χ0v) is 11.2. The Bertz CT molecular complexity index is 890. The lowest BCUT2D eigenvalue weighted by atomic mass is 10.0. The molecular weight excluding hydrogens is 264 g/mol. The van der Waals surface area contributed by atoms with E-state index < -0.39 is 0 Å². The molecule has 21 heavy (non-hydrogen) atoms. The molecule has 1 aromatic heterocycles. The summed E-state index contributed by atoms with van der Waals surface area (Å²) in [4.78, 5) is 16.7. The molecule has 5 heteroatoms. The SMILES string of the molecule is O=c1[nH]nc2n1-c1ccccc1C(c1ccccc1)=NC2. The first-order valence-electron chi connectivity index (χ1n) is 6.70. The topological polar surface area (TPSA) is 63.0 Å². The van der Waals surface area contributed by atoms with Crippen molar-refractivity contribution >= 4 is 5.71 Å². The van der Waals surface area contributed by atoms with Gasteiger partial charge in [-0.1, -0.05) is 48.5 Å². The van der Waals surface area contributed by atoms with Gasteiger partial charge in [-0.3, -0.25) is 4.99 Å². The first-order valence-corrected chi connectivity index (χ1v) is 6.70. The predicted molar refractivity (Wildman–Crippen MR) is 80.0 cm³/mol. The summed E-state index contributed by atoms with van der Waals surface area (Å²) in [6.45, 7) is 0.373. The Hall–Kier alpha value is -2.95. The number of hydrogen-bond donors (Lipinski definition) is 1. The van der Waals surface area contributed by atoms with E-state index in [9.17, 15) is 4.79 Å². The van der Waals surface area contributed by atoms with Gasteiger partial charge >= 0.3 is 5.69 Å². The number of rotatable bonds is 1. The van der Waals surface area contributed by atoms with Crippen molar-refractivity contribution in [3.05, 3.63) is 82.0 Å². The highest BCUT2D eigenvalue weighted by Gasteiger charge is 2.20. The van der Waals surface area contributed by atoms with E-state index in [-0.39, 0.29) is 5.69 Å². The highest BCUT2D eigenvalue weighted by Crippen LogP contribution is 2.22. The maximum atomic E-state index is 12.0. The average Bonchev–Trinajstić information content (AvgIpc) is 2.81. The smallest absolute Gasteiger partial charge is 0.276 e. The van der Waals surface area contributed by atoms with Crippen molar-refractivity contribution in [2.75, 3.05) is 0 Å². The number of fused-ring (bicyclic) bond motifs is 3. The molecule has 2 aromatic carbocycles. The summed E-state index contributed by atoms with van der Waals surface area (Å²) < 4.78 is 1.59. The zero-order chi connectivity index (χ0) is 14.2. The van der Waals surface area contributed by atoms with Gasteiger partial charge in [-0.05, 0) is 6.07 Å². The fourth-order valence-corrected chi connectivity index (χ4v) is 2.63. The maximum Gasteiger partial charge on any atom is 0.348 e. The van der Waals surface area contributed by atoms with Gasteiger partial charge in [-0.25, -0.2) is 14.5 Å². The van der Waals surface area contributed by atoms with Crippen molar-refractivity contribution in [1.82, 2.24) is 14.8 Å². The van der Waals surface area contributed by atoms with Gasteiger partial charge in [0.15, 0.2) is 5.82 Å². The summed E-state index contributed by atoms with van der Waals surface area (Å²) in [7, 11) is 0. The lowest BCUT2D eigenvalue weighted by Crippen LogP contribution is -2.18. The van der Waals surface area contributed by atoms with Gasteiger partial charge in [-0.2, -0.15) is 5.10 Å². The summed E-state index contributed by atoms with van der Waals surface area (Å²) in [5, 5.41) is 6.55. The Morgan fingerprint density at radius 2 is 1.76 bits per heavy atom. The average molecular weight is 276 g/mol. The third kappa shape index (κ3) is 1.82. The van der Waals surface area contributed by atoms with E-state index in [1.54, 1.807) is 4.57 Å². The molecule has 5 nitrogen and oxygen atoms in total. The molecule has 0 fully saturated rings. The van der Waals surface area contributed by atoms with Crippen molar-refractivity contribution in [2.45, 2.75) is 6.54 Å². The second-order valence-electron chi connectivity index (χ2n) is 4.83. The standard InChI is InChI=1S/C16H12N4O/c21-16-19-18-14-10-17-15(11-6-2-1-3-7-11)12-8-4-5-9-13(12)20(14)16/h1-9H,10H2,(H,19,21). The van der Waals surface area contributed by atoms with E-state index in [0.717, 1.165) is 22.5 Å². The van der Waals surface area contributed by atoms with Crippen LogP contribution in [0.2, 0.25) is 0 Å². The van der Waals surface area contributed by atoms with Crippen LogP contribution in [0, 0.1) is 0 Å². The lowest BCUT2D eigenvalue weighted by molar-refractivity contribution is 0.862. The molecule has 1 N–H and O–H groups in total. The fourth-order valence-electron chi connectivity index (χ4n) is 2.63. The third-order valence-corrected chi connectivity index (χ3v) is 3.57. The Balaban J connectivity index is 2.02. The molecule has 0 bridgehead atoms. The first kappa shape index (κ1) is 11.8. The van der Waals surface area contributed by atoms with Crippen LogP contribution in [0.25, 0.3) is 5.69 Å². The minimum atomic E-state index is -0.234. The predicted octanol–water partition coefficient (Wildman–Crippen LogP) is 1.91. The number of H-pyrrole nitrogens is 1. The number of nitrogens with one attached hydrogen (secondary N) is 1. The van der Waals surface area contributed by atoms with Crippen molar-refractivity contribution in [2.24, 2.45) is 4.99 Å². The van der Waals surface area contributed by atoms with Gasteiger partial charge in [-0.15, -0.1) is 0 Å². The molecule has 0 saturated heterocycles. The summed E-state index contributed by atoms with van der Waals surface area (Å²) in [6.07, 6.45) is 0. The van der Waals surface area contributed by atoms with Gasteiger partial charge in [0.2, 0.25) is 0 Å². The number of aliphatic imine (C=N–C) groups is 1. The van der Waals surface area contributed by atoms with Crippen LogP contribution in [0.1, 0.15) is 17.0 Å². The van der Waals surface area contributed by atoms with E-state index >= 15 is 0 Å². The molecule has 1 aliphatic rings. The van der Waals surface area contributed by atoms with Crippen molar-refractivity contribution in [1.29, 1.82) is 0 Å². The van der Waals surface area contributed by atoms with E-state index in [0.29, 0.717) is 12.4 Å². The Morgan fingerprint density at radius 1 is 1.00 bits per heavy atom. The van der Waals surface area contributed by atoms with Crippen LogP contribution >= 0.6 is 0 Å². The van der Waals surface area contributed by atoms with Crippen LogP contribution in [0.3, 0.4) is 0 Å². The zero-order valence-electron chi connectivity index (χ0n) is 11.2. The molecule has 0 radical (unpaired) electrons. The molecule has 0 unspecified atom stereocenters. The van der Waals surface area contributed by atoms with Crippen LogP contribution in [0.5, 0.6) is 0 Å². The molecule has 2 heterocycles. The molecule has 3 aromatic rings. The van der Waals surface area contributed by atoms with Gasteiger partial charge in [0.1, 0.15) is 6.54 Å². The second kappa shape index (κ2) is 4.56. The highest BCUT2D eigenvalue weighted by atomic mass is 16.1. The quantitative estimate of drug-likeness (QED) is 0.738. The lowest BCUT2D eigenvalue weighted by Gasteiger charge is -2.10. The van der Waals surface area contributed by atoms with Crippen molar-refractivity contribution in [3.63, 3.8) is 0 Å². The molecule has 0 spiro atoms. The van der Waals surface area contributed by atoms with Crippen LogP contribution in [0.15, 0.2) is 64.4 Å². The third-order valence-electron chi connectivity index (χ3n) is 3.57. The van der Waals surface area contributed by atoms with Gasteiger partial charge < -0.3 is 0 Å². The molecule has 0 amide bonds. The molecule has 4 rings (SSSR count). The van der Waals surface area contributed by atoms with Crippen LogP contribution in [0.4, 0.5) is 0 Å². The Morgan fingerprint density at radius 3 is 2.62 bits per heavy atom.